The minimum absolute atomic E-state index is 0.0372. The minimum Gasteiger partial charge on any atom is -0.496 e. The first-order valence-electron chi connectivity index (χ1n) is 13.1. The first-order chi connectivity index (χ1) is 18.7. The Labute approximate surface area is 227 Å². The van der Waals surface area contributed by atoms with Crippen molar-refractivity contribution in [2.75, 3.05) is 13.7 Å². The van der Waals surface area contributed by atoms with Crippen LogP contribution >= 0.6 is 0 Å². The van der Waals surface area contributed by atoms with Crippen LogP contribution in [0, 0.1) is 19.8 Å². The van der Waals surface area contributed by atoms with Gasteiger partial charge in [-0.3, -0.25) is 14.5 Å². The third-order valence-corrected chi connectivity index (χ3v) is 6.89. The van der Waals surface area contributed by atoms with Gasteiger partial charge in [0.05, 0.1) is 25.3 Å². The second-order valence-electron chi connectivity index (χ2n) is 10.0. The summed E-state index contributed by atoms with van der Waals surface area (Å²) in [5.41, 5.74) is 4.39. The Hall–Kier alpha value is -4.05. The van der Waals surface area contributed by atoms with Crippen LogP contribution in [0.2, 0.25) is 0 Å². The van der Waals surface area contributed by atoms with Gasteiger partial charge in [-0.2, -0.15) is 0 Å². The van der Waals surface area contributed by atoms with Crippen LogP contribution < -0.4 is 10.3 Å². The number of tetrazole rings is 1. The molecule has 0 amide bonds. The lowest BCUT2D eigenvalue weighted by atomic mass is 9.98. The van der Waals surface area contributed by atoms with E-state index in [1.807, 2.05) is 50.2 Å². The van der Waals surface area contributed by atoms with Gasteiger partial charge in [0.1, 0.15) is 12.3 Å². The summed E-state index contributed by atoms with van der Waals surface area (Å²) in [4.78, 5) is 30.9. The van der Waals surface area contributed by atoms with Gasteiger partial charge in [0.2, 0.25) is 0 Å². The third-order valence-electron chi connectivity index (χ3n) is 6.89. The number of benzene rings is 2. The Kier molecular flexibility index (Phi) is 8.75. The van der Waals surface area contributed by atoms with E-state index in [0.717, 1.165) is 33.3 Å². The number of fused-ring (bicyclic) bond motifs is 1. The molecule has 0 spiro atoms. The summed E-state index contributed by atoms with van der Waals surface area (Å²) in [5, 5.41) is 13.3. The van der Waals surface area contributed by atoms with E-state index in [2.05, 4.69) is 45.3 Å². The second kappa shape index (κ2) is 12.2. The molecule has 2 heterocycles. The lowest BCUT2D eigenvalue weighted by molar-refractivity contribution is -0.144. The molecule has 206 valence electrons. The molecule has 0 radical (unpaired) electrons. The van der Waals surface area contributed by atoms with E-state index in [-0.39, 0.29) is 30.7 Å². The molecule has 0 saturated carbocycles. The summed E-state index contributed by atoms with van der Waals surface area (Å²) >= 11 is 0. The molecule has 39 heavy (non-hydrogen) atoms. The Morgan fingerprint density at radius 2 is 1.79 bits per heavy atom. The molecular formula is C29H36N6O4. The molecule has 1 N–H and O–H groups in total. The SMILES string of the molecule is CCOC(=O)Cn1nnnc1[C@H](C(C)C)N(Cc1ccccc1OC)Cc1cc2c(C)ccc(C)c2[nH]c1=O. The highest BCUT2D eigenvalue weighted by Crippen LogP contribution is 2.32. The molecule has 0 fully saturated rings. The number of hydrogen-bond acceptors (Lipinski definition) is 8. The maximum Gasteiger partial charge on any atom is 0.327 e. The van der Waals surface area contributed by atoms with Crippen molar-refractivity contribution in [2.24, 2.45) is 5.92 Å². The van der Waals surface area contributed by atoms with Gasteiger partial charge in [0, 0.05) is 29.6 Å². The predicted molar refractivity (Wildman–Crippen MR) is 148 cm³/mol. The van der Waals surface area contributed by atoms with Crippen molar-refractivity contribution in [3.8, 4) is 5.75 Å². The van der Waals surface area contributed by atoms with Crippen molar-refractivity contribution in [3.63, 3.8) is 0 Å². The highest BCUT2D eigenvalue weighted by atomic mass is 16.5. The van der Waals surface area contributed by atoms with Crippen molar-refractivity contribution in [1.29, 1.82) is 0 Å². The number of H-pyrrole nitrogens is 1. The fourth-order valence-corrected chi connectivity index (χ4v) is 5.01. The quantitative estimate of drug-likeness (QED) is 0.287. The van der Waals surface area contributed by atoms with Crippen LogP contribution in [0.15, 0.2) is 47.3 Å². The number of aromatic amines is 1. The molecule has 4 rings (SSSR count). The summed E-state index contributed by atoms with van der Waals surface area (Å²) in [6.45, 7) is 10.9. The zero-order valence-electron chi connectivity index (χ0n) is 23.4. The van der Waals surface area contributed by atoms with Crippen LogP contribution in [0.4, 0.5) is 0 Å². The molecule has 10 nitrogen and oxygen atoms in total. The number of pyridine rings is 1. The van der Waals surface area contributed by atoms with E-state index in [1.54, 1.807) is 14.0 Å². The van der Waals surface area contributed by atoms with Gasteiger partial charge in [-0.25, -0.2) is 4.68 Å². The van der Waals surface area contributed by atoms with Gasteiger partial charge in [-0.05, 0) is 60.4 Å². The van der Waals surface area contributed by atoms with Crippen molar-refractivity contribution in [1.82, 2.24) is 30.1 Å². The lowest BCUT2D eigenvalue weighted by Crippen LogP contribution is -2.36. The summed E-state index contributed by atoms with van der Waals surface area (Å²) in [7, 11) is 1.64. The standard InChI is InChI=1S/C29H36N6O4/c1-7-39-25(36)17-35-28(31-32-33-35)27(18(2)3)34(15-21-10-8-9-11-24(21)38-6)16-22-14-23-19(4)12-13-20(5)26(23)30-29(22)37/h8-14,18,27H,7,15-17H2,1-6H3,(H,30,37)/t27-/m0/s1. The summed E-state index contributed by atoms with van der Waals surface area (Å²) in [6, 6.07) is 13.5. The number of para-hydroxylation sites is 1. The summed E-state index contributed by atoms with van der Waals surface area (Å²) in [6.07, 6.45) is 0. The number of nitrogens with one attached hydrogen (secondary N) is 1. The van der Waals surface area contributed by atoms with Crippen molar-refractivity contribution in [3.05, 3.63) is 80.9 Å². The normalized spacial score (nSPS) is 12.3. The Morgan fingerprint density at radius 1 is 1.08 bits per heavy atom. The molecule has 0 aliphatic rings. The predicted octanol–water partition coefficient (Wildman–Crippen LogP) is 4.10. The van der Waals surface area contributed by atoms with Crippen molar-refractivity contribution >= 4 is 16.9 Å². The number of nitrogens with zero attached hydrogens (tertiary/aromatic N) is 5. The second-order valence-corrected chi connectivity index (χ2v) is 10.0. The highest BCUT2D eigenvalue weighted by Gasteiger charge is 2.31. The molecule has 0 aliphatic carbocycles. The maximum absolute atomic E-state index is 13.4. The van der Waals surface area contributed by atoms with E-state index in [1.165, 1.54) is 4.68 Å². The Morgan fingerprint density at radius 3 is 2.51 bits per heavy atom. The summed E-state index contributed by atoms with van der Waals surface area (Å²) in [5.74, 6) is 0.893. The number of carbonyl (C=O) groups is 1. The number of aromatic nitrogens is 5. The molecule has 0 bridgehead atoms. The Bertz CT molecular complexity index is 1510. The first-order valence-corrected chi connectivity index (χ1v) is 13.1. The number of esters is 1. The highest BCUT2D eigenvalue weighted by molar-refractivity contribution is 5.85. The number of carbonyl (C=O) groups excluding carboxylic acids is 1. The van der Waals surface area contributed by atoms with Crippen LogP contribution in [0.1, 0.15) is 54.9 Å². The number of rotatable bonds is 11. The average molecular weight is 533 g/mol. The number of methoxy groups -OCH3 is 1. The molecule has 1 atom stereocenters. The van der Waals surface area contributed by atoms with Crippen LogP contribution in [0.5, 0.6) is 5.75 Å². The fourth-order valence-electron chi connectivity index (χ4n) is 5.01. The maximum atomic E-state index is 13.4. The third kappa shape index (κ3) is 6.17. The molecule has 10 heteroatoms. The first kappa shape index (κ1) is 28.0. The van der Waals surface area contributed by atoms with Crippen LogP contribution in [0.3, 0.4) is 0 Å². The van der Waals surface area contributed by atoms with E-state index >= 15 is 0 Å². The van der Waals surface area contributed by atoms with Gasteiger partial charge in [0.25, 0.3) is 5.56 Å². The molecule has 0 aliphatic heterocycles. The lowest BCUT2D eigenvalue weighted by Gasteiger charge is -2.34. The van der Waals surface area contributed by atoms with Crippen molar-refractivity contribution < 1.29 is 14.3 Å². The van der Waals surface area contributed by atoms with Crippen molar-refractivity contribution in [2.45, 2.75) is 60.3 Å². The van der Waals surface area contributed by atoms with E-state index in [0.29, 0.717) is 24.5 Å². The minimum atomic E-state index is -0.415. The number of hydrogen-bond donors (Lipinski definition) is 1. The Balaban J connectivity index is 1.81. The van der Waals surface area contributed by atoms with Gasteiger partial charge >= 0.3 is 5.97 Å². The topological polar surface area (TPSA) is 115 Å². The molecule has 2 aromatic heterocycles. The average Bonchev–Trinajstić information content (AvgIpc) is 3.34. The largest absolute Gasteiger partial charge is 0.496 e. The van der Waals surface area contributed by atoms with E-state index in [4.69, 9.17) is 9.47 Å². The van der Waals surface area contributed by atoms with Gasteiger partial charge in [-0.15, -0.1) is 5.10 Å². The molecule has 4 aromatic rings. The van der Waals surface area contributed by atoms with E-state index in [9.17, 15) is 9.59 Å². The zero-order valence-corrected chi connectivity index (χ0v) is 23.4. The molecule has 0 unspecified atom stereocenters. The van der Waals surface area contributed by atoms with Crippen LogP contribution in [-0.4, -0.2) is 49.8 Å². The smallest absolute Gasteiger partial charge is 0.327 e. The van der Waals surface area contributed by atoms with E-state index < -0.39 is 5.97 Å². The van der Waals surface area contributed by atoms with Gasteiger partial charge in [0.15, 0.2) is 5.82 Å². The van der Waals surface area contributed by atoms with Crippen LogP contribution in [0.25, 0.3) is 10.9 Å². The fraction of sp³-hybridized carbons (Fsp3) is 0.414. The molecule has 0 saturated heterocycles. The van der Waals surface area contributed by atoms with Gasteiger partial charge in [-0.1, -0.05) is 44.2 Å². The zero-order chi connectivity index (χ0) is 28.1. The summed E-state index contributed by atoms with van der Waals surface area (Å²) < 4.78 is 12.3. The number of aryl methyl sites for hydroxylation is 2. The monoisotopic (exact) mass is 532 g/mol. The van der Waals surface area contributed by atoms with Gasteiger partial charge < -0.3 is 14.5 Å². The molecular weight excluding hydrogens is 496 g/mol. The van der Waals surface area contributed by atoms with Crippen LogP contribution in [-0.2, 0) is 29.2 Å². The molecule has 2 aromatic carbocycles. The number of ether oxygens (including phenoxy) is 2.